The van der Waals surface area contributed by atoms with E-state index in [0.717, 1.165) is 49.1 Å². The van der Waals surface area contributed by atoms with Gasteiger partial charge in [0.15, 0.2) is 5.78 Å². The zero-order valence-corrected chi connectivity index (χ0v) is 18.2. The Bertz CT molecular complexity index is 1230. The van der Waals surface area contributed by atoms with Crippen LogP contribution in [0, 0.1) is 11.6 Å². The number of nitrogens with zero attached hydrogens (tertiary/aromatic N) is 2. The van der Waals surface area contributed by atoms with Gasteiger partial charge < -0.3 is 4.90 Å². The number of fused-ring (bicyclic) bond motifs is 1. The fourth-order valence-electron chi connectivity index (χ4n) is 4.01. The quantitative estimate of drug-likeness (QED) is 0.307. The first kappa shape index (κ1) is 22.3. The summed E-state index contributed by atoms with van der Waals surface area (Å²) in [4.78, 5) is 19.7. The number of ketones is 1. The number of aromatic nitrogens is 1. The monoisotopic (exact) mass is 459 g/mol. The first-order chi connectivity index (χ1) is 15.4. The summed E-state index contributed by atoms with van der Waals surface area (Å²) >= 11 is 0. The minimum atomic E-state index is -2.74. The van der Waals surface area contributed by atoms with Crippen molar-refractivity contribution in [2.24, 2.45) is 0 Å². The van der Waals surface area contributed by atoms with Gasteiger partial charge in [-0.3, -0.25) is 9.78 Å². The Labute approximate surface area is 186 Å². The van der Waals surface area contributed by atoms with Crippen molar-refractivity contribution in [2.45, 2.75) is 25.7 Å². The average molecular weight is 460 g/mol. The van der Waals surface area contributed by atoms with Gasteiger partial charge in [-0.2, -0.15) is 0 Å². The third-order valence-corrected chi connectivity index (χ3v) is 6.10. The molecule has 0 bridgehead atoms. The van der Waals surface area contributed by atoms with Gasteiger partial charge in [0.25, 0.3) is 0 Å². The summed E-state index contributed by atoms with van der Waals surface area (Å²) < 4.78 is 52.5. The maximum Gasteiger partial charge on any atom is 0.201 e. The predicted octanol–water partition coefficient (Wildman–Crippen LogP) is 3.39. The van der Waals surface area contributed by atoms with Gasteiger partial charge in [0.2, 0.25) is 10.9 Å². The number of aryl methyl sites for hydroxylation is 1. The molecule has 9 heteroatoms. The fourth-order valence-corrected chi connectivity index (χ4v) is 4.35. The molecule has 0 aliphatic carbocycles. The lowest BCUT2D eigenvalue weighted by molar-refractivity contribution is 0.103. The van der Waals surface area contributed by atoms with Gasteiger partial charge in [-0.1, -0.05) is 0 Å². The molecule has 1 saturated heterocycles. The number of thiol groups is 1. The van der Waals surface area contributed by atoms with E-state index < -0.39 is 28.3 Å². The van der Waals surface area contributed by atoms with Gasteiger partial charge in [-0.05, 0) is 67.6 Å². The van der Waals surface area contributed by atoms with E-state index in [1.165, 1.54) is 0 Å². The Morgan fingerprint density at radius 3 is 2.62 bits per heavy atom. The Balaban J connectivity index is 1.61. The van der Waals surface area contributed by atoms with Gasteiger partial charge in [-0.25, -0.2) is 21.9 Å². The molecule has 0 atom stereocenters. The summed E-state index contributed by atoms with van der Waals surface area (Å²) in [6.45, 7) is 2.03. The molecule has 0 spiro atoms. The van der Waals surface area contributed by atoms with Gasteiger partial charge in [0.1, 0.15) is 11.6 Å². The molecule has 1 fully saturated rings. The molecule has 2 aromatic carbocycles. The van der Waals surface area contributed by atoms with Crippen LogP contribution in [0.5, 0.6) is 0 Å². The lowest BCUT2D eigenvalue weighted by atomic mass is 9.97. The van der Waals surface area contributed by atoms with Crippen LogP contribution >= 0.6 is 0 Å². The standard InChI is InChI=1S/C23H23F2N3O3S/c24-18-11-15(4-3-7-27-32(30)31)22(25)20(13-18)23(29)16-5-6-21-17(10-16)12-19(14-26-21)28-8-1-2-9-28/h5-6,10-14,32H,1-4,7-9H2,(H,27,30,31). The van der Waals surface area contributed by atoms with Gasteiger partial charge in [-0.15, -0.1) is 0 Å². The number of nitrogens with one attached hydrogen (secondary N) is 1. The highest BCUT2D eigenvalue weighted by Gasteiger charge is 2.20. The van der Waals surface area contributed by atoms with E-state index in [9.17, 15) is 17.6 Å². The van der Waals surface area contributed by atoms with Crippen LogP contribution in [0.4, 0.5) is 14.5 Å². The molecule has 1 aliphatic heterocycles. The number of carbonyl (C=O) groups excluding carboxylic acids is 1. The van der Waals surface area contributed by atoms with Crippen LogP contribution in [-0.2, 0) is 17.3 Å². The molecule has 168 valence electrons. The van der Waals surface area contributed by atoms with Crippen LogP contribution < -0.4 is 9.62 Å². The summed E-state index contributed by atoms with van der Waals surface area (Å²) in [5.41, 5.74) is 1.64. The molecule has 32 heavy (non-hydrogen) atoms. The molecule has 0 saturated carbocycles. The molecule has 0 unspecified atom stereocenters. The average Bonchev–Trinajstić information content (AvgIpc) is 3.32. The third kappa shape index (κ3) is 4.94. The minimum Gasteiger partial charge on any atom is -0.370 e. The predicted molar refractivity (Wildman–Crippen MR) is 120 cm³/mol. The van der Waals surface area contributed by atoms with Crippen LogP contribution in [0.25, 0.3) is 10.9 Å². The van der Waals surface area contributed by atoms with E-state index >= 15 is 4.39 Å². The summed E-state index contributed by atoms with van der Waals surface area (Å²) in [6.07, 6.45) is 4.44. The minimum absolute atomic E-state index is 0.0371. The Hall–Kier alpha value is -2.91. The molecule has 3 aromatic rings. The van der Waals surface area contributed by atoms with Gasteiger partial charge >= 0.3 is 0 Å². The molecule has 6 nitrogen and oxygen atoms in total. The first-order valence-corrected chi connectivity index (χ1v) is 11.7. The summed E-state index contributed by atoms with van der Waals surface area (Å²) in [5.74, 6) is -2.11. The van der Waals surface area contributed by atoms with Crippen LogP contribution in [0.15, 0.2) is 42.6 Å². The van der Waals surface area contributed by atoms with E-state index in [4.69, 9.17) is 0 Å². The number of carbonyl (C=O) groups is 1. The maximum atomic E-state index is 15.0. The van der Waals surface area contributed by atoms with E-state index in [1.54, 1.807) is 18.2 Å². The lowest BCUT2D eigenvalue weighted by Crippen LogP contribution is -2.17. The molecule has 2 heterocycles. The van der Waals surface area contributed by atoms with Crippen LogP contribution in [0.1, 0.15) is 40.7 Å². The third-order valence-electron chi connectivity index (χ3n) is 5.62. The van der Waals surface area contributed by atoms with Crippen LogP contribution in [0.3, 0.4) is 0 Å². The largest absolute Gasteiger partial charge is 0.370 e. The number of hydrogen-bond donors (Lipinski definition) is 2. The number of benzene rings is 2. The van der Waals surface area contributed by atoms with Crippen molar-refractivity contribution < 1.29 is 22.0 Å². The number of halogens is 2. The van der Waals surface area contributed by atoms with E-state index in [2.05, 4.69) is 14.6 Å². The van der Waals surface area contributed by atoms with Crippen LogP contribution in [0.2, 0.25) is 0 Å². The topological polar surface area (TPSA) is 79.4 Å². The van der Waals surface area contributed by atoms with Crippen molar-refractivity contribution in [3.8, 4) is 0 Å². The van der Waals surface area contributed by atoms with Crippen molar-refractivity contribution in [1.82, 2.24) is 9.71 Å². The summed E-state index contributed by atoms with van der Waals surface area (Å²) in [6, 6.07) is 8.82. The number of anilines is 1. The number of hydrogen-bond acceptors (Lipinski definition) is 5. The van der Waals surface area contributed by atoms with Crippen molar-refractivity contribution in [3.63, 3.8) is 0 Å². The summed E-state index contributed by atoms with van der Waals surface area (Å²) in [7, 11) is -2.74. The molecule has 0 radical (unpaired) electrons. The van der Waals surface area contributed by atoms with Crippen molar-refractivity contribution in [2.75, 3.05) is 24.5 Å². The van der Waals surface area contributed by atoms with Crippen LogP contribution in [-0.4, -0.2) is 38.8 Å². The highest BCUT2D eigenvalue weighted by atomic mass is 32.2. The first-order valence-electron chi connectivity index (χ1n) is 10.5. The molecular weight excluding hydrogens is 436 g/mol. The Morgan fingerprint density at radius 1 is 1.09 bits per heavy atom. The zero-order valence-electron chi connectivity index (χ0n) is 17.3. The van der Waals surface area contributed by atoms with Gasteiger partial charge in [0, 0.05) is 30.6 Å². The smallest absolute Gasteiger partial charge is 0.201 e. The molecule has 4 rings (SSSR count). The lowest BCUT2D eigenvalue weighted by Gasteiger charge is -2.17. The molecule has 0 amide bonds. The molecule has 1 N–H and O–H groups in total. The number of pyridine rings is 1. The fraction of sp³-hybridized carbons (Fsp3) is 0.304. The van der Waals surface area contributed by atoms with Crippen molar-refractivity contribution in [1.29, 1.82) is 0 Å². The Kier molecular flexibility index (Phi) is 6.76. The van der Waals surface area contributed by atoms with E-state index in [-0.39, 0.29) is 36.1 Å². The second-order valence-electron chi connectivity index (χ2n) is 7.82. The number of rotatable bonds is 8. The maximum absolute atomic E-state index is 15.0. The second kappa shape index (κ2) is 9.70. The van der Waals surface area contributed by atoms with E-state index in [1.807, 2.05) is 12.3 Å². The second-order valence-corrected chi connectivity index (χ2v) is 8.65. The van der Waals surface area contributed by atoms with E-state index in [0.29, 0.717) is 5.52 Å². The Morgan fingerprint density at radius 2 is 1.88 bits per heavy atom. The highest BCUT2D eigenvalue weighted by molar-refractivity contribution is 7.70. The van der Waals surface area contributed by atoms with Crippen molar-refractivity contribution >= 4 is 33.3 Å². The molecule has 1 aliphatic rings. The highest BCUT2D eigenvalue weighted by Crippen LogP contribution is 2.26. The SMILES string of the molecule is O=C(c1ccc2ncc(N3CCCC3)cc2c1)c1cc(F)cc(CCCN[SH](=O)=O)c1F. The zero-order chi connectivity index (χ0) is 22.7. The van der Waals surface area contributed by atoms with Gasteiger partial charge in [0.05, 0.1) is 23.0 Å². The molecule has 1 aromatic heterocycles. The molecular formula is C23H23F2N3O3S. The normalized spacial score (nSPS) is 13.9. The summed E-state index contributed by atoms with van der Waals surface area (Å²) in [5, 5.41) is 0.759. The van der Waals surface area contributed by atoms with Crippen molar-refractivity contribution in [3.05, 3.63) is 70.9 Å².